The van der Waals surface area contributed by atoms with E-state index >= 15 is 0 Å². The van der Waals surface area contributed by atoms with Crippen molar-refractivity contribution in [1.29, 1.82) is 0 Å². The monoisotopic (exact) mass is 422 g/mol. The fourth-order valence-corrected chi connectivity index (χ4v) is 5.39. The Morgan fingerprint density at radius 1 is 1.11 bits per heavy atom. The van der Waals surface area contributed by atoms with Crippen molar-refractivity contribution in [1.82, 2.24) is 4.31 Å². The van der Waals surface area contributed by atoms with Crippen molar-refractivity contribution >= 4 is 33.3 Å². The Labute approximate surface area is 167 Å². The molecule has 2 N–H and O–H groups in total. The Balaban J connectivity index is 1.77. The summed E-state index contributed by atoms with van der Waals surface area (Å²) in [4.78, 5) is 13.7. The van der Waals surface area contributed by atoms with Crippen molar-refractivity contribution in [3.63, 3.8) is 0 Å². The van der Waals surface area contributed by atoms with Crippen LogP contribution in [0.25, 0.3) is 0 Å². The minimum Gasteiger partial charge on any atom is -0.368 e. The maximum absolute atomic E-state index is 13.2. The Morgan fingerprint density at radius 3 is 2.43 bits per heavy atom. The second-order valence-corrected chi connectivity index (χ2v) is 9.40. The fraction of sp³-hybridized carbons (Fsp3) is 0.316. The van der Waals surface area contributed by atoms with Gasteiger partial charge in [0.2, 0.25) is 0 Å². The Bertz CT molecular complexity index is 1050. The molecule has 7 nitrogen and oxygen atoms in total. The summed E-state index contributed by atoms with van der Waals surface area (Å²) < 4.78 is 26.7. The van der Waals surface area contributed by atoms with Crippen molar-refractivity contribution < 1.29 is 23.4 Å². The first kappa shape index (κ1) is 19.2. The highest BCUT2D eigenvalue weighted by Crippen LogP contribution is 2.38. The average molecular weight is 423 g/mol. The van der Waals surface area contributed by atoms with Crippen LogP contribution in [0.3, 0.4) is 0 Å². The maximum Gasteiger partial charge on any atom is 0.343 e. The van der Waals surface area contributed by atoms with Crippen LogP contribution in [0.1, 0.15) is 24.5 Å². The molecular weight excluding hydrogens is 404 g/mol. The molecule has 1 fully saturated rings. The van der Waals surface area contributed by atoms with Crippen LogP contribution in [0.4, 0.5) is 10.5 Å². The first-order chi connectivity index (χ1) is 13.1. The van der Waals surface area contributed by atoms with Crippen molar-refractivity contribution in [2.75, 3.05) is 4.90 Å². The van der Waals surface area contributed by atoms with Crippen LogP contribution in [-0.2, 0) is 22.9 Å². The van der Waals surface area contributed by atoms with Crippen LogP contribution >= 0.6 is 11.6 Å². The molecule has 1 aliphatic heterocycles. The number of nitrogens with zero attached hydrogens (tertiary/aromatic N) is 2. The molecule has 1 heterocycles. The second-order valence-electron chi connectivity index (χ2n) is 7.15. The summed E-state index contributed by atoms with van der Waals surface area (Å²) in [6.45, 7) is 1.18. The van der Waals surface area contributed by atoms with E-state index in [9.17, 15) is 23.4 Å². The number of benzene rings is 2. The first-order valence-electron chi connectivity index (χ1n) is 8.80. The van der Waals surface area contributed by atoms with E-state index < -0.39 is 28.0 Å². The minimum absolute atomic E-state index is 0.0886. The molecule has 2 aliphatic rings. The summed E-state index contributed by atoms with van der Waals surface area (Å²) in [5.41, 5.74) is 0.0602. The van der Waals surface area contributed by atoms with Crippen LogP contribution in [0, 0.1) is 0 Å². The predicted molar refractivity (Wildman–Crippen MR) is 103 cm³/mol. The molecule has 0 spiro atoms. The molecule has 148 valence electrons. The number of urea groups is 1. The lowest BCUT2D eigenvalue weighted by Gasteiger charge is -2.30. The number of hydrogen-bond donors (Lipinski definition) is 2. The van der Waals surface area contributed by atoms with Gasteiger partial charge in [0.05, 0.1) is 4.90 Å². The number of aliphatic hydroxyl groups excluding tert-OH is 1. The molecule has 4 rings (SSSR count). The highest BCUT2D eigenvalue weighted by Gasteiger charge is 2.58. The number of carbonyl (C=O) groups is 1. The van der Waals surface area contributed by atoms with Gasteiger partial charge in [-0.2, -0.15) is 4.31 Å². The van der Waals surface area contributed by atoms with E-state index in [2.05, 4.69) is 0 Å². The molecule has 9 heteroatoms. The topological polar surface area (TPSA) is 98.1 Å². The molecule has 2 aromatic rings. The number of aryl methyl sites for hydroxylation is 2. The Kier molecular flexibility index (Phi) is 4.42. The van der Waals surface area contributed by atoms with Gasteiger partial charge in [0, 0.05) is 10.7 Å². The number of rotatable bonds is 3. The normalized spacial score (nSPS) is 24.7. The van der Waals surface area contributed by atoms with Crippen molar-refractivity contribution in [3.8, 4) is 0 Å². The zero-order valence-corrected chi connectivity index (χ0v) is 16.6. The third-order valence-electron chi connectivity index (χ3n) is 5.26. The van der Waals surface area contributed by atoms with Crippen LogP contribution in [0.5, 0.6) is 0 Å². The zero-order valence-electron chi connectivity index (χ0n) is 15.0. The summed E-state index contributed by atoms with van der Waals surface area (Å²) in [6, 6.07) is 9.60. The minimum atomic E-state index is -4.37. The van der Waals surface area contributed by atoms with Crippen molar-refractivity contribution in [3.05, 3.63) is 58.6 Å². The smallest absolute Gasteiger partial charge is 0.343 e. The largest absolute Gasteiger partial charge is 0.368 e. The predicted octanol–water partition coefficient (Wildman–Crippen LogP) is 2.49. The van der Waals surface area contributed by atoms with Crippen LogP contribution in [0.15, 0.2) is 47.4 Å². The SMILES string of the molecule is CC1(O)C(O)N(S(=O)(=O)c2ccc3c(c2)CCC3)C(=O)N1c1ccc(Cl)cc1. The van der Waals surface area contributed by atoms with Crippen molar-refractivity contribution in [2.45, 2.75) is 43.0 Å². The quantitative estimate of drug-likeness (QED) is 0.791. The van der Waals surface area contributed by atoms with Crippen molar-refractivity contribution in [2.24, 2.45) is 0 Å². The van der Waals surface area contributed by atoms with Crippen LogP contribution < -0.4 is 4.90 Å². The van der Waals surface area contributed by atoms with Gasteiger partial charge >= 0.3 is 6.03 Å². The number of hydrogen-bond acceptors (Lipinski definition) is 5. The highest BCUT2D eigenvalue weighted by molar-refractivity contribution is 7.89. The fourth-order valence-electron chi connectivity index (χ4n) is 3.75. The molecule has 0 aromatic heterocycles. The molecule has 2 unspecified atom stereocenters. The molecule has 28 heavy (non-hydrogen) atoms. The summed E-state index contributed by atoms with van der Waals surface area (Å²) in [7, 11) is -4.37. The molecule has 2 aromatic carbocycles. The standard InChI is InChI=1S/C19H19ClN2O5S/c1-19(25)17(23)22(18(24)21(19)15-8-6-14(20)7-9-15)28(26,27)16-10-5-12-3-2-4-13(12)11-16/h5-11,17,23,25H,2-4H2,1H3. The van der Waals surface area contributed by atoms with Gasteiger partial charge in [0.15, 0.2) is 12.0 Å². The van der Waals surface area contributed by atoms with E-state index in [0.29, 0.717) is 9.33 Å². The maximum atomic E-state index is 13.2. The zero-order chi connectivity index (χ0) is 20.3. The van der Waals surface area contributed by atoms with E-state index in [4.69, 9.17) is 11.6 Å². The molecule has 1 saturated heterocycles. The van der Waals surface area contributed by atoms with Gasteiger partial charge < -0.3 is 10.2 Å². The summed E-state index contributed by atoms with van der Waals surface area (Å²) in [6.07, 6.45) is 0.626. The number of aliphatic hydroxyl groups is 2. The van der Waals surface area contributed by atoms with E-state index in [-0.39, 0.29) is 10.6 Å². The highest BCUT2D eigenvalue weighted by atomic mass is 35.5. The lowest BCUT2D eigenvalue weighted by molar-refractivity contribution is -0.0689. The van der Waals surface area contributed by atoms with Gasteiger partial charge in [0.25, 0.3) is 10.0 Å². The number of anilines is 1. The van der Waals surface area contributed by atoms with E-state index in [1.54, 1.807) is 6.07 Å². The Hall–Kier alpha value is -2.13. The molecular formula is C19H19ClN2O5S. The van der Waals surface area contributed by atoms with Crippen LogP contribution in [0.2, 0.25) is 5.02 Å². The van der Waals surface area contributed by atoms with E-state index in [0.717, 1.165) is 35.3 Å². The van der Waals surface area contributed by atoms with Gasteiger partial charge in [-0.3, -0.25) is 4.90 Å². The summed E-state index contributed by atoms with van der Waals surface area (Å²) in [5, 5.41) is 21.8. The lowest BCUT2D eigenvalue weighted by Crippen LogP contribution is -2.50. The molecule has 2 atom stereocenters. The van der Waals surface area contributed by atoms with Gasteiger partial charge in [0.1, 0.15) is 0 Å². The van der Waals surface area contributed by atoms with Gasteiger partial charge in [-0.25, -0.2) is 13.2 Å². The number of fused-ring (bicyclic) bond motifs is 1. The number of amides is 2. The molecule has 0 bridgehead atoms. The number of sulfonamides is 1. The first-order valence-corrected chi connectivity index (χ1v) is 10.6. The third kappa shape index (κ3) is 2.79. The molecule has 0 radical (unpaired) electrons. The third-order valence-corrected chi connectivity index (χ3v) is 7.23. The summed E-state index contributed by atoms with van der Waals surface area (Å²) >= 11 is 5.86. The molecule has 0 saturated carbocycles. The number of carbonyl (C=O) groups excluding carboxylic acids is 1. The van der Waals surface area contributed by atoms with Gasteiger partial charge in [-0.05, 0) is 73.7 Å². The van der Waals surface area contributed by atoms with E-state index in [1.165, 1.54) is 43.3 Å². The summed E-state index contributed by atoms with van der Waals surface area (Å²) in [5.74, 6) is 0. The van der Waals surface area contributed by atoms with Crippen LogP contribution in [-0.4, -0.2) is 40.9 Å². The van der Waals surface area contributed by atoms with E-state index in [1.807, 2.05) is 0 Å². The van der Waals surface area contributed by atoms with Gasteiger partial charge in [-0.1, -0.05) is 17.7 Å². The molecule has 2 amide bonds. The Morgan fingerprint density at radius 2 is 1.75 bits per heavy atom. The number of halogens is 1. The average Bonchev–Trinajstić information content (AvgIpc) is 3.17. The second kappa shape index (κ2) is 6.45. The lowest BCUT2D eigenvalue weighted by atomic mass is 10.1. The molecule has 1 aliphatic carbocycles. The van der Waals surface area contributed by atoms with Gasteiger partial charge in [-0.15, -0.1) is 0 Å².